The van der Waals surface area contributed by atoms with E-state index < -0.39 is 6.17 Å². The second-order valence-electron chi connectivity index (χ2n) is 11.6. The molecule has 2 aromatic carbocycles. The first-order valence-corrected chi connectivity index (χ1v) is 15.7. The number of nitrogens with one attached hydrogen (secondary N) is 1. The van der Waals surface area contributed by atoms with Crippen molar-refractivity contribution in [1.29, 1.82) is 0 Å². The average molecular weight is 648 g/mol. The maximum Gasteiger partial charge on any atom is 0.256 e. The Morgan fingerprint density at radius 2 is 1.88 bits per heavy atom. The summed E-state index contributed by atoms with van der Waals surface area (Å²) in [4.78, 5) is 40.2. The first-order valence-electron chi connectivity index (χ1n) is 14.9. The highest BCUT2D eigenvalue weighted by atomic mass is 79.9. The van der Waals surface area contributed by atoms with E-state index in [2.05, 4.69) is 73.3 Å². The number of alkyl halides is 1. The molecule has 4 heterocycles. The summed E-state index contributed by atoms with van der Waals surface area (Å²) in [5, 5.41) is 0. The number of aldehydes is 1. The lowest BCUT2D eigenvalue weighted by molar-refractivity contribution is -0.104. The van der Waals surface area contributed by atoms with E-state index in [9.17, 15) is 9.18 Å². The largest absolute Gasteiger partial charge is 0.339 e. The third-order valence-electron chi connectivity index (χ3n) is 8.88. The van der Waals surface area contributed by atoms with Gasteiger partial charge in [-0.1, -0.05) is 37.3 Å². The van der Waals surface area contributed by atoms with Crippen LogP contribution >= 0.6 is 15.9 Å². The Morgan fingerprint density at radius 1 is 1.14 bits per heavy atom. The van der Waals surface area contributed by atoms with Crippen LogP contribution in [-0.4, -0.2) is 68.2 Å². The fraction of sp³-hybridized carbons (Fsp3) is 0.394. The highest BCUT2D eigenvalue weighted by Crippen LogP contribution is 2.40. The van der Waals surface area contributed by atoms with E-state index in [1.165, 1.54) is 37.8 Å². The number of fused-ring (bicyclic) bond motifs is 1. The molecule has 43 heavy (non-hydrogen) atoms. The number of carbonyl (C=O) groups is 2. The smallest absolute Gasteiger partial charge is 0.256 e. The first-order chi connectivity index (χ1) is 20.8. The number of aromatic amines is 1. The van der Waals surface area contributed by atoms with Gasteiger partial charge in [0.1, 0.15) is 23.5 Å². The number of rotatable bonds is 5. The number of H-pyrrole nitrogens is 1. The zero-order chi connectivity index (χ0) is 30.2. The summed E-state index contributed by atoms with van der Waals surface area (Å²) in [7, 11) is 2.11. The molecule has 0 spiro atoms. The van der Waals surface area contributed by atoms with Crippen molar-refractivity contribution in [3.63, 3.8) is 0 Å². The molecule has 1 fully saturated rings. The quantitative estimate of drug-likeness (QED) is 0.196. The van der Waals surface area contributed by atoms with Crippen LogP contribution in [0.25, 0.3) is 22.4 Å². The average Bonchev–Trinajstić information content (AvgIpc) is 3.55. The SMILES string of the molecule is C=CC=O.CC(F)c1nc2c(Br)ccc(C(=O)N3CCn4c(-c5ccc(C6CCC6)cc5)nc5c4C3CN(C)CC5)c2[nH]1. The minimum Gasteiger partial charge on any atom is -0.339 e. The molecule has 2 atom stereocenters. The Kier molecular flexibility index (Phi) is 8.33. The minimum atomic E-state index is -1.25. The Hall–Kier alpha value is -3.63. The number of amides is 1. The molecule has 1 saturated carbocycles. The lowest BCUT2D eigenvalue weighted by Gasteiger charge is -2.38. The predicted octanol–water partition coefficient (Wildman–Crippen LogP) is 6.54. The summed E-state index contributed by atoms with van der Waals surface area (Å²) in [6.07, 6.45) is 5.34. The summed E-state index contributed by atoms with van der Waals surface area (Å²) >= 11 is 3.52. The number of carbonyl (C=O) groups excluding carboxylic acids is 2. The molecule has 1 aliphatic carbocycles. The minimum absolute atomic E-state index is 0.0701. The summed E-state index contributed by atoms with van der Waals surface area (Å²) in [5.41, 5.74) is 6.46. The maximum atomic E-state index is 14.2. The number of likely N-dealkylation sites (N-methyl/N-ethyl adjacent to an activating group) is 1. The van der Waals surface area contributed by atoms with Crippen LogP contribution in [0.3, 0.4) is 0 Å². The van der Waals surface area contributed by atoms with E-state index in [1.54, 1.807) is 0 Å². The fourth-order valence-electron chi connectivity index (χ4n) is 6.39. The van der Waals surface area contributed by atoms with Crippen LogP contribution in [-0.2, 0) is 17.8 Å². The van der Waals surface area contributed by atoms with Crippen molar-refractivity contribution in [2.75, 3.05) is 26.7 Å². The molecule has 224 valence electrons. The van der Waals surface area contributed by atoms with Crippen LogP contribution in [0.1, 0.15) is 77.5 Å². The van der Waals surface area contributed by atoms with Crippen LogP contribution in [0, 0.1) is 0 Å². The van der Waals surface area contributed by atoms with Crippen molar-refractivity contribution in [2.45, 2.75) is 57.3 Å². The van der Waals surface area contributed by atoms with Gasteiger partial charge in [-0.15, -0.1) is 0 Å². The van der Waals surface area contributed by atoms with Crippen LogP contribution in [0.2, 0.25) is 0 Å². The molecule has 2 aliphatic heterocycles. The zero-order valence-electron chi connectivity index (χ0n) is 24.5. The maximum absolute atomic E-state index is 14.2. The molecule has 3 aliphatic rings. The second-order valence-corrected chi connectivity index (χ2v) is 12.5. The van der Waals surface area contributed by atoms with Gasteiger partial charge in [-0.3, -0.25) is 9.59 Å². The number of nitrogens with zero attached hydrogens (tertiary/aromatic N) is 5. The molecule has 7 rings (SSSR count). The van der Waals surface area contributed by atoms with Gasteiger partial charge in [-0.05, 0) is 72.4 Å². The molecular formula is C33H36BrFN6O2. The summed E-state index contributed by atoms with van der Waals surface area (Å²) in [5.74, 6) is 1.87. The van der Waals surface area contributed by atoms with E-state index in [0.29, 0.717) is 41.9 Å². The molecule has 10 heteroatoms. The standard InChI is InChI=1S/C30H32BrFN6O.C3H4O/c1-17(32)28-34-25-21(10-11-22(31)26(25)35-28)30(39)37-14-15-38-27-23(12-13-36(2)16-24(27)37)33-29(38)20-8-6-19(7-9-20)18-4-3-5-18;1-2-3-4/h6-11,17-18,24H,3-5,12-16H2,1-2H3,(H,34,35);2-3H,1H2. The Labute approximate surface area is 259 Å². The summed E-state index contributed by atoms with van der Waals surface area (Å²) in [6.45, 7) is 7.44. The number of hydrogen-bond acceptors (Lipinski definition) is 5. The Balaban J connectivity index is 0.000000777. The van der Waals surface area contributed by atoms with Gasteiger partial charge in [0.15, 0.2) is 6.17 Å². The third kappa shape index (κ3) is 5.47. The second kappa shape index (κ2) is 12.2. The monoisotopic (exact) mass is 646 g/mol. The fourth-order valence-corrected chi connectivity index (χ4v) is 6.81. The lowest BCUT2D eigenvalue weighted by Crippen LogP contribution is -2.45. The van der Waals surface area contributed by atoms with Crippen molar-refractivity contribution >= 4 is 39.2 Å². The molecule has 0 bridgehead atoms. The third-order valence-corrected chi connectivity index (χ3v) is 9.52. The predicted molar refractivity (Wildman–Crippen MR) is 169 cm³/mol. The molecule has 0 saturated heterocycles. The van der Waals surface area contributed by atoms with E-state index in [4.69, 9.17) is 9.78 Å². The molecule has 2 unspecified atom stereocenters. The highest BCUT2D eigenvalue weighted by molar-refractivity contribution is 9.10. The van der Waals surface area contributed by atoms with E-state index in [1.807, 2.05) is 17.0 Å². The van der Waals surface area contributed by atoms with E-state index >= 15 is 0 Å². The number of halogens is 2. The van der Waals surface area contributed by atoms with Crippen molar-refractivity contribution in [3.8, 4) is 11.4 Å². The number of aromatic nitrogens is 4. The number of benzene rings is 2. The summed E-state index contributed by atoms with van der Waals surface area (Å²) < 4.78 is 17.2. The van der Waals surface area contributed by atoms with E-state index in [0.717, 1.165) is 46.8 Å². The first kappa shape index (κ1) is 29.4. The molecule has 1 amide bonds. The van der Waals surface area contributed by atoms with Gasteiger partial charge in [0.05, 0.1) is 28.5 Å². The lowest BCUT2D eigenvalue weighted by atomic mass is 9.80. The van der Waals surface area contributed by atoms with Gasteiger partial charge in [-0.2, -0.15) is 0 Å². The van der Waals surface area contributed by atoms with Crippen molar-refractivity contribution in [2.24, 2.45) is 0 Å². The number of imidazole rings is 2. The molecule has 8 nitrogen and oxygen atoms in total. The molecule has 0 radical (unpaired) electrons. The van der Waals surface area contributed by atoms with Gasteiger partial charge < -0.3 is 19.4 Å². The summed E-state index contributed by atoms with van der Waals surface area (Å²) in [6, 6.07) is 12.5. The Morgan fingerprint density at radius 3 is 2.53 bits per heavy atom. The van der Waals surface area contributed by atoms with Crippen molar-refractivity contribution < 1.29 is 14.0 Å². The Bertz CT molecular complexity index is 1670. The molecule has 4 aromatic rings. The zero-order valence-corrected chi connectivity index (χ0v) is 26.1. The van der Waals surface area contributed by atoms with Crippen molar-refractivity contribution in [3.05, 3.63) is 81.9 Å². The van der Waals surface area contributed by atoms with Gasteiger partial charge in [-0.25, -0.2) is 14.4 Å². The van der Waals surface area contributed by atoms with Gasteiger partial charge in [0.2, 0.25) is 0 Å². The van der Waals surface area contributed by atoms with E-state index in [-0.39, 0.29) is 17.8 Å². The van der Waals surface area contributed by atoms with Gasteiger partial charge >= 0.3 is 0 Å². The van der Waals surface area contributed by atoms with Crippen molar-refractivity contribution in [1.82, 2.24) is 29.3 Å². The van der Waals surface area contributed by atoms with Gasteiger partial charge in [0.25, 0.3) is 5.91 Å². The van der Waals surface area contributed by atoms with Crippen LogP contribution in [0.15, 0.2) is 53.5 Å². The number of hydrogen-bond donors (Lipinski definition) is 1. The number of allylic oxidation sites excluding steroid dienone is 1. The van der Waals surface area contributed by atoms with Crippen LogP contribution in [0.5, 0.6) is 0 Å². The normalized spacial score (nSPS) is 19.1. The molecular weight excluding hydrogens is 611 g/mol. The van der Waals surface area contributed by atoms with Crippen LogP contribution in [0.4, 0.5) is 4.39 Å². The van der Waals surface area contributed by atoms with Crippen LogP contribution < -0.4 is 0 Å². The highest BCUT2D eigenvalue weighted by Gasteiger charge is 2.39. The molecule has 1 N–H and O–H groups in total. The molecule has 2 aromatic heterocycles. The topological polar surface area (TPSA) is 87.1 Å². The van der Waals surface area contributed by atoms with Gasteiger partial charge in [0, 0.05) is 42.6 Å².